The van der Waals surface area contributed by atoms with Gasteiger partial charge in [0.25, 0.3) is 0 Å². The third kappa shape index (κ3) is 2.66. The number of aromatic nitrogens is 1. The Morgan fingerprint density at radius 2 is 2.24 bits per heavy atom. The van der Waals surface area contributed by atoms with Gasteiger partial charge in [0.05, 0.1) is 5.25 Å². The molecular weight excluding hydrogens is 236 g/mol. The first-order valence-corrected chi connectivity index (χ1v) is 7.55. The van der Waals surface area contributed by atoms with Crippen LogP contribution in [0.2, 0.25) is 0 Å². The maximum Gasteiger partial charge on any atom is 0.198 e. The maximum absolute atomic E-state index is 12.0. The van der Waals surface area contributed by atoms with Crippen LogP contribution in [-0.2, 0) is 9.84 Å². The van der Waals surface area contributed by atoms with E-state index in [0.717, 1.165) is 31.2 Å². The Bertz CT molecular complexity index is 495. The first kappa shape index (κ1) is 12.5. The van der Waals surface area contributed by atoms with E-state index in [1.807, 2.05) is 0 Å². The molecule has 4 nitrogen and oxygen atoms in total. The van der Waals surface area contributed by atoms with Gasteiger partial charge in [-0.25, -0.2) is 13.4 Å². The van der Waals surface area contributed by atoms with Crippen molar-refractivity contribution in [2.24, 2.45) is 5.73 Å². The molecule has 0 spiro atoms. The van der Waals surface area contributed by atoms with E-state index >= 15 is 0 Å². The van der Waals surface area contributed by atoms with Crippen molar-refractivity contribution < 1.29 is 8.42 Å². The summed E-state index contributed by atoms with van der Waals surface area (Å²) in [5, 5.41) is -0.0308. The Labute approximate surface area is 102 Å². The van der Waals surface area contributed by atoms with Gasteiger partial charge in [-0.3, -0.25) is 0 Å². The van der Waals surface area contributed by atoms with Crippen molar-refractivity contribution in [2.75, 3.05) is 0 Å². The molecule has 2 rings (SSSR count). The van der Waals surface area contributed by atoms with Crippen LogP contribution >= 0.6 is 0 Å². The van der Waals surface area contributed by atoms with Crippen LogP contribution in [0.4, 0.5) is 0 Å². The van der Waals surface area contributed by atoms with Gasteiger partial charge in [0, 0.05) is 12.2 Å². The van der Waals surface area contributed by atoms with Crippen molar-refractivity contribution in [3.8, 4) is 0 Å². The van der Waals surface area contributed by atoms with Crippen molar-refractivity contribution in [2.45, 2.75) is 48.9 Å². The highest BCUT2D eigenvalue weighted by molar-refractivity contribution is 7.92. The average molecular weight is 254 g/mol. The van der Waals surface area contributed by atoms with Crippen molar-refractivity contribution >= 4 is 9.84 Å². The quantitative estimate of drug-likeness (QED) is 0.869. The Morgan fingerprint density at radius 3 is 2.82 bits per heavy atom. The Kier molecular flexibility index (Phi) is 3.49. The molecule has 2 N–H and O–H groups in total. The molecule has 1 aliphatic rings. The lowest BCUT2D eigenvalue weighted by atomic mass is 10.1. The van der Waals surface area contributed by atoms with Crippen molar-refractivity contribution in [3.05, 3.63) is 23.9 Å². The fourth-order valence-corrected chi connectivity index (χ4v) is 3.44. The first-order chi connectivity index (χ1) is 8.05. The van der Waals surface area contributed by atoms with Gasteiger partial charge in [-0.1, -0.05) is 13.3 Å². The van der Waals surface area contributed by atoms with Gasteiger partial charge >= 0.3 is 0 Å². The number of rotatable bonds is 5. The number of nitrogens with two attached hydrogens (primary N) is 1. The normalized spacial score (nSPS) is 18.0. The second kappa shape index (κ2) is 4.74. The van der Waals surface area contributed by atoms with Crippen molar-refractivity contribution in [3.63, 3.8) is 0 Å². The topological polar surface area (TPSA) is 73.0 Å². The van der Waals surface area contributed by atoms with E-state index < -0.39 is 9.84 Å². The number of pyridine rings is 1. The molecule has 94 valence electrons. The Balaban J connectivity index is 2.28. The summed E-state index contributed by atoms with van der Waals surface area (Å²) in [4.78, 5) is 3.97. The van der Waals surface area contributed by atoms with Crippen LogP contribution in [0.25, 0.3) is 0 Å². The van der Waals surface area contributed by atoms with E-state index in [2.05, 4.69) is 11.9 Å². The van der Waals surface area contributed by atoms with Crippen LogP contribution in [0.3, 0.4) is 0 Å². The lowest BCUT2D eigenvalue weighted by molar-refractivity contribution is 0.589. The molecule has 5 heteroatoms. The Hall–Kier alpha value is -0.940. The summed E-state index contributed by atoms with van der Waals surface area (Å²) in [5.41, 5.74) is 6.85. The van der Waals surface area contributed by atoms with Crippen LogP contribution < -0.4 is 5.73 Å². The van der Waals surface area contributed by atoms with Gasteiger partial charge in [-0.15, -0.1) is 0 Å². The molecule has 0 saturated heterocycles. The molecule has 0 amide bonds. The zero-order valence-electron chi connectivity index (χ0n) is 9.96. The molecule has 1 unspecified atom stereocenters. The third-order valence-electron chi connectivity index (χ3n) is 3.04. The molecule has 0 aliphatic heterocycles. The molecule has 1 saturated carbocycles. The SMILES string of the molecule is CCCC(N)c1ccnc(S(=O)(=O)C2CC2)c1. The molecule has 17 heavy (non-hydrogen) atoms. The van der Waals surface area contributed by atoms with E-state index in [-0.39, 0.29) is 16.3 Å². The minimum atomic E-state index is -3.20. The Morgan fingerprint density at radius 1 is 1.53 bits per heavy atom. The minimum absolute atomic E-state index is 0.101. The summed E-state index contributed by atoms with van der Waals surface area (Å²) in [6, 6.07) is 3.33. The molecule has 1 atom stereocenters. The van der Waals surface area contributed by atoms with Crippen LogP contribution in [-0.4, -0.2) is 18.7 Å². The summed E-state index contributed by atoms with van der Waals surface area (Å²) < 4.78 is 24.0. The van der Waals surface area contributed by atoms with Crippen LogP contribution in [0.5, 0.6) is 0 Å². The predicted molar refractivity (Wildman–Crippen MR) is 66.3 cm³/mol. The van der Waals surface area contributed by atoms with Gasteiger partial charge < -0.3 is 5.73 Å². The molecule has 1 aliphatic carbocycles. The lowest BCUT2D eigenvalue weighted by Crippen LogP contribution is -2.13. The molecule has 1 fully saturated rings. The largest absolute Gasteiger partial charge is 0.324 e. The van der Waals surface area contributed by atoms with Gasteiger partial charge in [-0.2, -0.15) is 0 Å². The first-order valence-electron chi connectivity index (χ1n) is 6.01. The second-order valence-corrected chi connectivity index (χ2v) is 6.74. The number of nitrogens with zero attached hydrogens (tertiary/aromatic N) is 1. The van der Waals surface area contributed by atoms with E-state index in [9.17, 15) is 8.42 Å². The average Bonchev–Trinajstić information content (AvgIpc) is 3.13. The summed E-state index contributed by atoms with van der Waals surface area (Å²) in [5.74, 6) is 0. The molecule has 0 bridgehead atoms. The lowest BCUT2D eigenvalue weighted by Gasteiger charge is -2.11. The van der Waals surface area contributed by atoms with Gasteiger partial charge in [0.15, 0.2) is 14.9 Å². The number of sulfone groups is 1. The number of hydrogen-bond acceptors (Lipinski definition) is 4. The molecule has 0 radical (unpaired) electrons. The van der Waals surface area contributed by atoms with Gasteiger partial charge in [0.1, 0.15) is 0 Å². The van der Waals surface area contributed by atoms with Crippen LogP contribution in [0, 0.1) is 0 Å². The standard InChI is InChI=1S/C12H18N2O2S/c1-2-3-11(13)9-6-7-14-12(8-9)17(15,16)10-4-5-10/h6-8,10-11H,2-5,13H2,1H3. The maximum atomic E-state index is 12.0. The highest BCUT2D eigenvalue weighted by Gasteiger charge is 2.37. The van der Waals surface area contributed by atoms with Gasteiger partial charge in [-0.05, 0) is 37.0 Å². The fourth-order valence-electron chi connectivity index (χ4n) is 1.84. The highest BCUT2D eigenvalue weighted by atomic mass is 32.2. The molecule has 0 aromatic carbocycles. The summed E-state index contributed by atoms with van der Waals surface area (Å²) in [6.07, 6.45) is 4.89. The van der Waals surface area contributed by atoms with Crippen molar-refractivity contribution in [1.82, 2.24) is 4.98 Å². The van der Waals surface area contributed by atoms with Crippen LogP contribution in [0.1, 0.15) is 44.2 Å². The van der Waals surface area contributed by atoms with E-state index in [1.165, 1.54) is 0 Å². The zero-order valence-corrected chi connectivity index (χ0v) is 10.8. The minimum Gasteiger partial charge on any atom is -0.324 e. The molecular formula is C12H18N2O2S. The summed E-state index contributed by atoms with van der Waals surface area (Å²) in [6.45, 7) is 2.06. The third-order valence-corrected chi connectivity index (χ3v) is 5.20. The van der Waals surface area contributed by atoms with E-state index in [0.29, 0.717) is 0 Å². The number of hydrogen-bond donors (Lipinski definition) is 1. The molecule has 1 aromatic rings. The smallest absolute Gasteiger partial charge is 0.198 e. The summed E-state index contributed by atoms with van der Waals surface area (Å²) >= 11 is 0. The predicted octanol–water partition coefficient (Wildman–Crippen LogP) is 1.82. The van der Waals surface area contributed by atoms with Crippen molar-refractivity contribution in [1.29, 1.82) is 0 Å². The highest BCUT2D eigenvalue weighted by Crippen LogP contribution is 2.33. The van der Waals surface area contributed by atoms with Crippen LogP contribution in [0.15, 0.2) is 23.4 Å². The summed E-state index contributed by atoms with van der Waals surface area (Å²) in [7, 11) is -3.20. The van der Waals surface area contributed by atoms with E-state index in [4.69, 9.17) is 5.73 Å². The molecule has 1 aromatic heterocycles. The fraction of sp³-hybridized carbons (Fsp3) is 0.583. The van der Waals surface area contributed by atoms with Gasteiger partial charge in [0.2, 0.25) is 0 Å². The monoisotopic (exact) mass is 254 g/mol. The molecule has 1 heterocycles. The van der Waals surface area contributed by atoms with E-state index in [1.54, 1.807) is 18.3 Å². The second-order valence-electron chi connectivity index (χ2n) is 4.57. The zero-order chi connectivity index (χ0) is 12.5.